The van der Waals surface area contributed by atoms with Crippen molar-refractivity contribution in [2.24, 2.45) is 0 Å². The van der Waals surface area contributed by atoms with Gasteiger partial charge in [-0.1, -0.05) is 0 Å². The Hall–Kier alpha value is -1.30. The van der Waals surface area contributed by atoms with E-state index in [2.05, 4.69) is 24.3 Å². The third-order valence-corrected chi connectivity index (χ3v) is 3.68. The van der Waals surface area contributed by atoms with Gasteiger partial charge < -0.3 is 10.2 Å². The number of hydrogen-bond donors (Lipinski definition) is 2. The van der Waals surface area contributed by atoms with Gasteiger partial charge in [0.25, 0.3) is 0 Å². The zero-order chi connectivity index (χ0) is 17.6. The molecule has 2 aliphatic carbocycles. The van der Waals surface area contributed by atoms with Gasteiger partial charge in [0.2, 0.25) is 0 Å². The molecule has 0 unspecified atom stereocenters. The maximum atomic E-state index is 11.8. The Morgan fingerprint density at radius 1 is 0.800 bits per heavy atom. The van der Waals surface area contributed by atoms with Gasteiger partial charge in [0.05, 0.1) is 0 Å². The molecule has 2 heterocycles. The average Bonchev–Trinajstić information content (AvgIpc) is 3.31. The molecule has 130 valence electrons. The number of halogens is 2. The molecule has 0 amide bonds. The number of rotatable bonds is 0. The Morgan fingerprint density at radius 2 is 1.20 bits per heavy atom. The summed E-state index contributed by atoms with van der Waals surface area (Å²) in [5, 5.41) is 19.4. The predicted molar refractivity (Wildman–Crippen MR) is 95.0 cm³/mol. The molecule has 0 spiro atoms. The first-order valence-corrected chi connectivity index (χ1v) is 8.63. The molecular weight excluding hydrogens is 442 g/mol. The Bertz CT molecular complexity index is 590. The standard InChI is InChI=1S/2C5H5.2C4H3FOS.Zr/c2*1-2-4-5-3-1;2*5-3-1-4(6)7-2-3;/h2*1-3H,4H2;2*1-2,6H;/q2*-1;;;+2. The first-order chi connectivity index (χ1) is 11.6. The summed E-state index contributed by atoms with van der Waals surface area (Å²) in [7, 11) is 0. The fourth-order valence-corrected chi connectivity index (χ4v) is 2.25. The smallest absolute Gasteiger partial charge is 0.499 e. The molecule has 2 nitrogen and oxygen atoms in total. The molecule has 0 bridgehead atoms. The number of aromatic hydroxyl groups is 2. The summed E-state index contributed by atoms with van der Waals surface area (Å²) in [6, 6.07) is 2.15. The van der Waals surface area contributed by atoms with Crippen molar-refractivity contribution in [3.05, 3.63) is 83.1 Å². The normalized spacial score (nSPS) is 12.2. The van der Waals surface area contributed by atoms with Gasteiger partial charge in [-0.15, -0.1) is 35.5 Å². The van der Waals surface area contributed by atoms with Crippen LogP contribution in [0, 0.1) is 23.8 Å². The summed E-state index contributed by atoms with van der Waals surface area (Å²) in [6.45, 7) is 0. The second-order valence-corrected chi connectivity index (χ2v) is 5.99. The molecule has 25 heavy (non-hydrogen) atoms. The molecule has 0 saturated heterocycles. The Balaban J connectivity index is 0.000000307. The van der Waals surface area contributed by atoms with Gasteiger partial charge >= 0.3 is 26.2 Å². The van der Waals surface area contributed by atoms with Crippen molar-refractivity contribution in [1.82, 2.24) is 0 Å². The topological polar surface area (TPSA) is 40.5 Å². The van der Waals surface area contributed by atoms with Gasteiger partial charge in [-0.3, -0.25) is 12.2 Å². The SMILES string of the molecule is Oc1cc(F)cs1.Oc1cc(F)cs1.[C-]1=CC=CC1.[C-]1=CC=CC1.[Zr+2]. The monoisotopic (exact) mass is 456 g/mol. The van der Waals surface area contributed by atoms with Crippen LogP contribution >= 0.6 is 22.7 Å². The third kappa shape index (κ3) is 13.6. The van der Waals surface area contributed by atoms with Crippen LogP contribution in [0.2, 0.25) is 0 Å². The summed E-state index contributed by atoms with van der Waals surface area (Å²) in [4.78, 5) is 0. The number of allylic oxidation sites excluding steroid dienone is 8. The van der Waals surface area contributed by atoms with Crippen molar-refractivity contribution >= 4 is 22.7 Å². The molecular formula is C18H16F2O2S2Zr. The van der Waals surface area contributed by atoms with Crippen molar-refractivity contribution in [3.63, 3.8) is 0 Å². The van der Waals surface area contributed by atoms with Crippen molar-refractivity contribution in [3.8, 4) is 10.1 Å². The van der Waals surface area contributed by atoms with E-state index in [9.17, 15) is 8.78 Å². The van der Waals surface area contributed by atoms with Crippen LogP contribution in [-0.4, -0.2) is 10.2 Å². The zero-order valence-corrected chi connectivity index (χ0v) is 17.2. The molecule has 2 aliphatic rings. The van der Waals surface area contributed by atoms with Crippen molar-refractivity contribution in [1.29, 1.82) is 0 Å². The zero-order valence-electron chi connectivity index (χ0n) is 13.2. The molecule has 0 aromatic carbocycles. The maximum Gasteiger partial charge on any atom is 2.00 e. The summed E-state index contributed by atoms with van der Waals surface area (Å²) >= 11 is 1.97. The van der Waals surface area contributed by atoms with E-state index in [1.807, 2.05) is 24.3 Å². The van der Waals surface area contributed by atoms with E-state index < -0.39 is 0 Å². The van der Waals surface area contributed by atoms with E-state index in [0.717, 1.165) is 47.6 Å². The van der Waals surface area contributed by atoms with Gasteiger partial charge in [-0.2, -0.15) is 12.2 Å². The van der Waals surface area contributed by atoms with Crippen LogP contribution in [0.25, 0.3) is 0 Å². The van der Waals surface area contributed by atoms with Gasteiger partial charge in [0.1, 0.15) is 11.6 Å². The first kappa shape index (κ1) is 23.7. The second-order valence-electron chi connectivity index (χ2n) is 4.21. The molecule has 0 atom stereocenters. The van der Waals surface area contributed by atoms with Gasteiger partial charge in [0.15, 0.2) is 10.1 Å². The minimum absolute atomic E-state index is 0. The average molecular weight is 458 g/mol. The van der Waals surface area contributed by atoms with Gasteiger partial charge in [-0.25, -0.2) is 33.1 Å². The van der Waals surface area contributed by atoms with Crippen LogP contribution in [0.1, 0.15) is 12.8 Å². The quantitative estimate of drug-likeness (QED) is 0.491. The van der Waals surface area contributed by atoms with Crippen LogP contribution < -0.4 is 0 Å². The molecule has 0 saturated carbocycles. The largest absolute Gasteiger partial charge is 2.00 e. The Morgan fingerprint density at radius 3 is 1.28 bits per heavy atom. The summed E-state index contributed by atoms with van der Waals surface area (Å²) in [6.07, 6.45) is 20.0. The number of hydrogen-bond acceptors (Lipinski definition) is 4. The molecule has 0 aliphatic heterocycles. The molecule has 2 aromatic heterocycles. The predicted octanol–water partition coefficient (Wildman–Crippen LogP) is 5.79. The Labute approximate surface area is 173 Å². The fourth-order valence-electron chi connectivity index (χ4n) is 1.29. The van der Waals surface area contributed by atoms with Gasteiger partial charge in [0, 0.05) is 22.9 Å². The van der Waals surface area contributed by atoms with Crippen molar-refractivity contribution in [2.75, 3.05) is 0 Å². The van der Waals surface area contributed by atoms with Crippen LogP contribution in [0.5, 0.6) is 10.1 Å². The summed E-state index contributed by atoms with van der Waals surface area (Å²) in [5.41, 5.74) is 0. The molecule has 2 N–H and O–H groups in total. The molecule has 0 radical (unpaired) electrons. The third-order valence-electron chi connectivity index (χ3n) is 2.28. The van der Waals surface area contributed by atoms with E-state index >= 15 is 0 Å². The molecule has 4 rings (SSSR count). The maximum absolute atomic E-state index is 11.8. The summed E-state index contributed by atoms with van der Waals surface area (Å²) < 4.78 is 23.6. The van der Waals surface area contributed by atoms with E-state index in [4.69, 9.17) is 10.2 Å². The van der Waals surface area contributed by atoms with E-state index in [1.165, 1.54) is 10.8 Å². The fraction of sp³-hybridized carbons (Fsp3) is 0.111. The van der Waals surface area contributed by atoms with Crippen molar-refractivity contribution in [2.45, 2.75) is 12.8 Å². The van der Waals surface area contributed by atoms with Crippen molar-refractivity contribution < 1.29 is 45.2 Å². The second kappa shape index (κ2) is 15.0. The summed E-state index contributed by atoms with van der Waals surface area (Å²) in [5.74, 6) is -0.745. The minimum Gasteiger partial charge on any atom is -0.499 e. The van der Waals surface area contributed by atoms with E-state index in [-0.39, 0.29) is 48.0 Å². The molecule has 7 heteroatoms. The van der Waals surface area contributed by atoms with Crippen LogP contribution in [0.15, 0.2) is 59.3 Å². The van der Waals surface area contributed by atoms with E-state index in [0.29, 0.717) is 0 Å². The van der Waals surface area contributed by atoms with Gasteiger partial charge in [-0.05, 0) is 0 Å². The van der Waals surface area contributed by atoms with Crippen LogP contribution in [0.3, 0.4) is 0 Å². The molecule has 2 aromatic rings. The van der Waals surface area contributed by atoms with Crippen LogP contribution in [-0.2, 0) is 26.2 Å². The Kier molecular flexibility index (Phi) is 14.2. The van der Waals surface area contributed by atoms with E-state index in [1.54, 1.807) is 0 Å². The first-order valence-electron chi connectivity index (χ1n) is 6.87. The van der Waals surface area contributed by atoms with Crippen LogP contribution in [0.4, 0.5) is 8.78 Å². The number of thiophene rings is 2. The minimum atomic E-state index is -0.373. The molecule has 0 fully saturated rings.